The third kappa shape index (κ3) is 3.83. The van der Waals surface area contributed by atoms with Crippen LogP contribution in [-0.4, -0.2) is 42.6 Å². The summed E-state index contributed by atoms with van der Waals surface area (Å²) in [5, 5.41) is 3.36. The Kier molecular flexibility index (Phi) is 5.47. The maximum Gasteiger partial charge on any atom is 0.252 e. The van der Waals surface area contributed by atoms with Gasteiger partial charge in [0.15, 0.2) is 0 Å². The van der Waals surface area contributed by atoms with E-state index in [9.17, 15) is 9.59 Å². The maximum absolute atomic E-state index is 13.1. The van der Waals surface area contributed by atoms with Gasteiger partial charge in [0.25, 0.3) is 5.91 Å². The highest BCUT2D eigenvalue weighted by molar-refractivity contribution is 8.00. The van der Waals surface area contributed by atoms with Gasteiger partial charge in [0.05, 0.1) is 11.3 Å². The standard InChI is InChI=1S/C23H32N2O2S/c1-15(23-11-16-8-17(12-23)10-18(9-16)13-23)24-22(27)19-6-4-5-7-20(19)28-14-21(26)25(2)3/h4-7,15-18H,8-14H2,1-3H3,(H,24,27). The average Bonchev–Trinajstić information content (AvgIpc) is 2.65. The Morgan fingerprint density at radius 3 is 2.25 bits per heavy atom. The van der Waals surface area contributed by atoms with Gasteiger partial charge in [-0.05, 0) is 80.8 Å². The lowest BCUT2D eigenvalue weighted by Crippen LogP contribution is -2.55. The molecule has 2 amide bonds. The number of carbonyl (C=O) groups excluding carboxylic acids is 2. The molecule has 0 aliphatic heterocycles. The highest BCUT2D eigenvalue weighted by Gasteiger charge is 2.53. The predicted molar refractivity (Wildman–Crippen MR) is 113 cm³/mol. The van der Waals surface area contributed by atoms with E-state index in [0.29, 0.717) is 16.7 Å². The first-order valence-corrected chi connectivity index (χ1v) is 11.6. The van der Waals surface area contributed by atoms with Crippen LogP contribution >= 0.6 is 11.8 Å². The van der Waals surface area contributed by atoms with Crippen molar-refractivity contribution in [3.63, 3.8) is 0 Å². The molecule has 1 aromatic rings. The van der Waals surface area contributed by atoms with E-state index >= 15 is 0 Å². The summed E-state index contributed by atoms with van der Waals surface area (Å²) < 4.78 is 0. The van der Waals surface area contributed by atoms with Crippen molar-refractivity contribution in [1.29, 1.82) is 0 Å². The van der Waals surface area contributed by atoms with E-state index in [1.165, 1.54) is 50.3 Å². The minimum Gasteiger partial charge on any atom is -0.349 e. The summed E-state index contributed by atoms with van der Waals surface area (Å²) in [4.78, 5) is 27.5. The van der Waals surface area contributed by atoms with Gasteiger partial charge in [-0.3, -0.25) is 9.59 Å². The summed E-state index contributed by atoms with van der Waals surface area (Å²) >= 11 is 1.45. The number of carbonyl (C=O) groups is 2. The Balaban J connectivity index is 1.45. The van der Waals surface area contributed by atoms with Crippen molar-refractivity contribution in [2.75, 3.05) is 19.8 Å². The summed E-state index contributed by atoms with van der Waals surface area (Å²) in [5.41, 5.74) is 0.989. The van der Waals surface area contributed by atoms with E-state index < -0.39 is 0 Å². The van der Waals surface area contributed by atoms with Crippen molar-refractivity contribution in [3.8, 4) is 0 Å². The number of hydrogen-bond acceptors (Lipinski definition) is 3. The zero-order valence-corrected chi connectivity index (χ0v) is 18.1. The van der Waals surface area contributed by atoms with E-state index in [4.69, 9.17) is 0 Å². The third-order valence-electron chi connectivity index (χ3n) is 7.33. The van der Waals surface area contributed by atoms with Gasteiger partial charge in [-0.15, -0.1) is 11.8 Å². The van der Waals surface area contributed by atoms with Crippen LogP contribution in [0.1, 0.15) is 55.8 Å². The van der Waals surface area contributed by atoms with Gasteiger partial charge < -0.3 is 10.2 Å². The van der Waals surface area contributed by atoms with Crippen LogP contribution in [0, 0.1) is 23.2 Å². The lowest BCUT2D eigenvalue weighted by Gasteiger charge is -2.59. The maximum atomic E-state index is 13.1. The first-order chi connectivity index (χ1) is 13.4. The van der Waals surface area contributed by atoms with Crippen LogP contribution < -0.4 is 5.32 Å². The van der Waals surface area contributed by atoms with Crippen LogP contribution in [0.25, 0.3) is 0 Å². The summed E-state index contributed by atoms with van der Waals surface area (Å²) in [6.45, 7) is 2.22. The molecule has 4 bridgehead atoms. The Morgan fingerprint density at radius 1 is 1.11 bits per heavy atom. The Morgan fingerprint density at radius 2 is 1.68 bits per heavy atom. The SMILES string of the molecule is CC(NC(=O)c1ccccc1SCC(=O)N(C)C)C12CC3CC(CC(C3)C1)C2. The van der Waals surface area contributed by atoms with Crippen LogP contribution in [0.15, 0.2) is 29.2 Å². The molecule has 0 radical (unpaired) electrons. The van der Waals surface area contributed by atoms with E-state index in [-0.39, 0.29) is 17.9 Å². The molecule has 1 unspecified atom stereocenters. The molecule has 0 saturated heterocycles. The summed E-state index contributed by atoms with van der Waals surface area (Å²) in [5.74, 6) is 3.05. The molecule has 5 heteroatoms. The van der Waals surface area contributed by atoms with E-state index in [0.717, 1.165) is 22.6 Å². The number of nitrogens with one attached hydrogen (secondary N) is 1. The van der Waals surface area contributed by atoms with Crippen molar-refractivity contribution in [2.45, 2.75) is 56.4 Å². The second-order valence-corrected chi connectivity index (χ2v) is 10.6. The van der Waals surface area contributed by atoms with Crippen molar-refractivity contribution in [2.24, 2.45) is 23.2 Å². The number of hydrogen-bond donors (Lipinski definition) is 1. The van der Waals surface area contributed by atoms with Gasteiger partial charge in [0.1, 0.15) is 0 Å². The molecule has 1 atom stereocenters. The molecule has 0 spiro atoms. The molecule has 4 aliphatic rings. The number of rotatable bonds is 6. The van der Waals surface area contributed by atoms with Gasteiger partial charge in [-0.2, -0.15) is 0 Å². The molecule has 1 N–H and O–H groups in total. The zero-order chi connectivity index (χ0) is 19.9. The normalized spacial score (nSPS) is 31.5. The van der Waals surface area contributed by atoms with Crippen LogP contribution in [0.2, 0.25) is 0 Å². The number of thioether (sulfide) groups is 1. The monoisotopic (exact) mass is 400 g/mol. The Labute approximate surface area is 172 Å². The molecule has 0 heterocycles. The molecule has 152 valence electrons. The predicted octanol–water partition coefficient (Wildman–Crippen LogP) is 4.20. The second kappa shape index (κ2) is 7.74. The Hall–Kier alpha value is -1.49. The van der Waals surface area contributed by atoms with Crippen LogP contribution in [0.4, 0.5) is 0 Å². The summed E-state index contributed by atoms with van der Waals surface area (Å²) in [7, 11) is 3.52. The largest absolute Gasteiger partial charge is 0.349 e. The van der Waals surface area contributed by atoms with E-state index in [2.05, 4.69) is 12.2 Å². The second-order valence-electron chi connectivity index (χ2n) is 9.55. The van der Waals surface area contributed by atoms with Crippen molar-refractivity contribution in [1.82, 2.24) is 10.2 Å². The smallest absolute Gasteiger partial charge is 0.252 e. The fraction of sp³-hybridized carbons (Fsp3) is 0.652. The van der Waals surface area contributed by atoms with Crippen LogP contribution in [-0.2, 0) is 4.79 Å². The molecular weight excluding hydrogens is 368 g/mol. The fourth-order valence-corrected chi connectivity index (χ4v) is 7.21. The summed E-state index contributed by atoms with van der Waals surface area (Å²) in [6, 6.07) is 7.86. The van der Waals surface area contributed by atoms with Gasteiger partial charge in [-0.1, -0.05) is 12.1 Å². The zero-order valence-electron chi connectivity index (χ0n) is 17.2. The lowest BCUT2D eigenvalue weighted by atomic mass is 9.48. The van der Waals surface area contributed by atoms with E-state index in [1.54, 1.807) is 19.0 Å². The van der Waals surface area contributed by atoms with Gasteiger partial charge in [0, 0.05) is 25.0 Å². The molecule has 4 nitrogen and oxygen atoms in total. The van der Waals surface area contributed by atoms with Crippen LogP contribution in [0.3, 0.4) is 0 Å². The molecule has 0 aromatic heterocycles. The topological polar surface area (TPSA) is 49.4 Å². The molecule has 4 aliphatic carbocycles. The minimum absolute atomic E-state index is 0.00338. The number of nitrogens with zero attached hydrogens (tertiary/aromatic N) is 1. The first-order valence-electron chi connectivity index (χ1n) is 10.6. The first kappa shape index (κ1) is 19.8. The fourth-order valence-electron chi connectivity index (χ4n) is 6.18. The molecular formula is C23H32N2O2S. The molecule has 1 aromatic carbocycles. The van der Waals surface area contributed by atoms with Crippen LogP contribution in [0.5, 0.6) is 0 Å². The number of benzene rings is 1. The van der Waals surface area contributed by atoms with Gasteiger partial charge >= 0.3 is 0 Å². The molecule has 5 rings (SSSR count). The van der Waals surface area contributed by atoms with Crippen molar-refractivity contribution in [3.05, 3.63) is 29.8 Å². The van der Waals surface area contributed by atoms with E-state index in [1.807, 2.05) is 24.3 Å². The molecule has 4 saturated carbocycles. The minimum atomic E-state index is 0.00338. The van der Waals surface area contributed by atoms with Gasteiger partial charge in [0.2, 0.25) is 5.91 Å². The van der Waals surface area contributed by atoms with Crippen molar-refractivity contribution < 1.29 is 9.59 Å². The summed E-state index contributed by atoms with van der Waals surface area (Å²) in [6.07, 6.45) is 8.11. The quantitative estimate of drug-likeness (QED) is 0.728. The molecule has 4 fully saturated rings. The molecule has 28 heavy (non-hydrogen) atoms. The van der Waals surface area contributed by atoms with Crippen molar-refractivity contribution >= 4 is 23.6 Å². The Bertz CT molecular complexity index is 725. The third-order valence-corrected chi connectivity index (χ3v) is 8.39. The average molecular weight is 401 g/mol. The highest BCUT2D eigenvalue weighted by Crippen LogP contribution is 2.61. The highest BCUT2D eigenvalue weighted by atomic mass is 32.2. The lowest BCUT2D eigenvalue weighted by molar-refractivity contribution is -0.125. The van der Waals surface area contributed by atoms with Gasteiger partial charge in [-0.25, -0.2) is 0 Å². The number of amides is 2.